The minimum absolute atomic E-state index is 0.0820. The maximum Gasteiger partial charge on any atom is 0.185 e. The van der Waals surface area contributed by atoms with E-state index in [2.05, 4.69) is 0 Å². The van der Waals surface area contributed by atoms with Crippen molar-refractivity contribution in [2.75, 3.05) is 0 Å². The van der Waals surface area contributed by atoms with Crippen molar-refractivity contribution >= 4 is 29.0 Å². The number of carbonyl (C=O) groups is 3. The number of hydrogen-bond acceptors (Lipinski definition) is 3. The average Bonchev–Trinajstić information content (AvgIpc) is 2.47. The van der Waals surface area contributed by atoms with Crippen molar-refractivity contribution in [1.29, 1.82) is 0 Å². The van der Waals surface area contributed by atoms with Crippen LogP contribution in [0.2, 0.25) is 5.02 Å². The molecule has 1 atom stereocenters. The molecule has 0 saturated heterocycles. The van der Waals surface area contributed by atoms with Gasteiger partial charge in [-0.15, -0.1) is 0 Å². The van der Waals surface area contributed by atoms with Gasteiger partial charge in [0.25, 0.3) is 0 Å². The van der Waals surface area contributed by atoms with Crippen molar-refractivity contribution in [1.82, 2.24) is 0 Å². The lowest BCUT2D eigenvalue weighted by Gasteiger charge is -2.30. The summed E-state index contributed by atoms with van der Waals surface area (Å²) >= 11 is 5.78. The van der Waals surface area contributed by atoms with Gasteiger partial charge in [0.05, 0.1) is 0 Å². The molecule has 0 heterocycles. The van der Waals surface area contributed by atoms with Crippen molar-refractivity contribution in [2.45, 2.75) is 32.6 Å². The van der Waals surface area contributed by atoms with Crippen LogP contribution in [0.25, 0.3) is 0 Å². The second-order valence-electron chi connectivity index (χ2n) is 5.36. The third-order valence-corrected chi connectivity index (χ3v) is 4.25. The molecule has 1 saturated carbocycles. The van der Waals surface area contributed by atoms with Gasteiger partial charge in [0.1, 0.15) is 17.0 Å². The van der Waals surface area contributed by atoms with Gasteiger partial charge in [0.15, 0.2) is 5.78 Å². The van der Waals surface area contributed by atoms with Gasteiger partial charge < -0.3 is 0 Å². The van der Waals surface area contributed by atoms with E-state index in [0.29, 0.717) is 23.4 Å². The summed E-state index contributed by atoms with van der Waals surface area (Å²) in [5.74, 6) is -0.501. The quantitative estimate of drug-likeness (QED) is 0.483. The lowest BCUT2D eigenvalue weighted by atomic mass is 9.70. The summed E-state index contributed by atoms with van der Waals surface area (Å²) in [6.07, 6.45) is 5.36. The van der Waals surface area contributed by atoms with Gasteiger partial charge in [-0.2, -0.15) is 0 Å². The highest BCUT2D eigenvalue weighted by atomic mass is 35.5. The number of benzene rings is 1. The molecule has 0 spiro atoms. The highest BCUT2D eigenvalue weighted by molar-refractivity contribution is 6.30. The molecule has 21 heavy (non-hydrogen) atoms. The van der Waals surface area contributed by atoms with Crippen molar-refractivity contribution in [3.63, 3.8) is 0 Å². The number of hydrogen-bond donors (Lipinski definition) is 0. The van der Waals surface area contributed by atoms with Crippen LogP contribution in [0.5, 0.6) is 0 Å². The predicted octanol–water partition coefficient (Wildman–Crippen LogP) is 3.80. The molecule has 3 nitrogen and oxygen atoms in total. The maximum absolute atomic E-state index is 12.2. The lowest BCUT2D eigenvalue weighted by molar-refractivity contribution is -0.138. The second kappa shape index (κ2) is 6.35. The van der Waals surface area contributed by atoms with E-state index < -0.39 is 5.41 Å². The Morgan fingerprint density at radius 3 is 2.43 bits per heavy atom. The summed E-state index contributed by atoms with van der Waals surface area (Å²) in [6, 6.07) is 6.51. The Morgan fingerprint density at radius 2 is 1.86 bits per heavy atom. The van der Waals surface area contributed by atoms with Crippen molar-refractivity contribution in [3.8, 4) is 0 Å². The Labute approximate surface area is 129 Å². The first-order valence-corrected chi connectivity index (χ1v) is 7.37. The zero-order valence-electron chi connectivity index (χ0n) is 11.9. The number of allylic oxidation sites excluding steroid dienone is 2. The van der Waals surface area contributed by atoms with Gasteiger partial charge in [0, 0.05) is 17.0 Å². The Kier molecular flexibility index (Phi) is 4.73. The van der Waals surface area contributed by atoms with E-state index in [1.165, 1.54) is 19.1 Å². The lowest BCUT2D eigenvalue weighted by Crippen LogP contribution is -2.38. The average molecular weight is 305 g/mol. The van der Waals surface area contributed by atoms with Crippen molar-refractivity contribution in [3.05, 3.63) is 47.0 Å². The highest BCUT2D eigenvalue weighted by Crippen LogP contribution is 2.35. The molecule has 0 bridgehead atoms. The Hall–Kier alpha value is -1.74. The second-order valence-corrected chi connectivity index (χ2v) is 5.80. The largest absolute Gasteiger partial charge is 0.299 e. The van der Waals surface area contributed by atoms with Crippen LogP contribution < -0.4 is 0 Å². The van der Waals surface area contributed by atoms with Crippen LogP contribution in [0.1, 0.15) is 43.0 Å². The van der Waals surface area contributed by atoms with Crippen LogP contribution in [-0.2, 0) is 9.59 Å². The molecule has 4 heteroatoms. The minimum atomic E-state index is -1.11. The Balaban J connectivity index is 2.24. The summed E-state index contributed by atoms with van der Waals surface area (Å²) in [4.78, 5) is 36.2. The van der Waals surface area contributed by atoms with E-state index in [4.69, 9.17) is 11.6 Å². The summed E-state index contributed by atoms with van der Waals surface area (Å²) < 4.78 is 0. The highest BCUT2D eigenvalue weighted by Gasteiger charge is 2.41. The summed E-state index contributed by atoms with van der Waals surface area (Å²) in [6.45, 7) is 1.42. The Bertz CT molecular complexity index is 601. The number of ketones is 3. The van der Waals surface area contributed by atoms with Crippen molar-refractivity contribution < 1.29 is 14.4 Å². The first-order chi connectivity index (χ1) is 9.95. The van der Waals surface area contributed by atoms with Gasteiger partial charge in [-0.1, -0.05) is 24.1 Å². The molecule has 0 N–H and O–H groups in total. The SMILES string of the molecule is CC(=O)[C@]1(/C=C/C(=O)c2ccc(Cl)cc2)CCCCC1=O. The molecule has 0 unspecified atom stereocenters. The van der Waals surface area contributed by atoms with Crippen LogP contribution in [0.3, 0.4) is 0 Å². The number of rotatable bonds is 4. The normalized spacial score (nSPS) is 22.5. The monoisotopic (exact) mass is 304 g/mol. The molecular formula is C17H17ClO3. The topological polar surface area (TPSA) is 51.2 Å². The third kappa shape index (κ3) is 3.30. The maximum atomic E-state index is 12.2. The minimum Gasteiger partial charge on any atom is -0.299 e. The molecule has 0 amide bonds. The fourth-order valence-electron chi connectivity index (χ4n) is 2.65. The number of Topliss-reactive ketones (excluding diaryl/α,β-unsaturated/α-hetero) is 2. The van der Waals surface area contributed by atoms with Crippen LogP contribution in [0.4, 0.5) is 0 Å². The zero-order valence-corrected chi connectivity index (χ0v) is 12.7. The fraction of sp³-hybridized carbons (Fsp3) is 0.353. The summed E-state index contributed by atoms with van der Waals surface area (Å²) in [5, 5.41) is 0.554. The molecule has 1 aromatic rings. The Morgan fingerprint density at radius 1 is 1.19 bits per heavy atom. The molecule has 2 rings (SSSR count). The molecule has 1 fully saturated rings. The molecular weight excluding hydrogens is 288 g/mol. The van der Waals surface area contributed by atoms with Crippen LogP contribution in [-0.4, -0.2) is 17.3 Å². The molecule has 110 valence electrons. The molecule has 1 aliphatic carbocycles. The molecule has 0 aromatic heterocycles. The van der Waals surface area contributed by atoms with E-state index in [1.54, 1.807) is 24.3 Å². The van der Waals surface area contributed by atoms with E-state index in [9.17, 15) is 14.4 Å². The summed E-state index contributed by atoms with van der Waals surface area (Å²) in [7, 11) is 0. The van der Waals surface area contributed by atoms with Crippen LogP contribution in [0, 0.1) is 5.41 Å². The third-order valence-electron chi connectivity index (χ3n) is 4.00. The molecule has 0 aliphatic heterocycles. The van der Waals surface area contributed by atoms with Gasteiger partial charge in [-0.25, -0.2) is 0 Å². The van der Waals surface area contributed by atoms with E-state index in [-0.39, 0.29) is 17.3 Å². The van der Waals surface area contributed by atoms with E-state index in [0.717, 1.165) is 12.8 Å². The van der Waals surface area contributed by atoms with Crippen LogP contribution >= 0.6 is 11.6 Å². The predicted molar refractivity (Wildman–Crippen MR) is 81.5 cm³/mol. The van der Waals surface area contributed by atoms with Crippen molar-refractivity contribution in [2.24, 2.45) is 5.41 Å². The van der Waals surface area contributed by atoms with Gasteiger partial charge in [0.2, 0.25) is 0 Å². The van der Waals surface area contributed by atoms with Gasteiger partial charge in [-0.05, 0) is 50.1 Å². The zero-order chi connectivity index (χ0) is 15.5. The number of carbonyl (C=O) groups excluding carboxylic acids is 3. The summed E-state index contributed by atoms with van der Waals surface area (Å²) in [5.41, 5.74) is -0.627. The smallest absolute Gasteiger partial charge is 0.185 e. The van der Waals surface area contributed by atoms with Gasteiger partial charge in [-0.3, -0.25) is 14.4 Å². The first kappa shape index (κ1) is 15.6. The van der Waals surface area contributed by atoms with Gasteiger partial charge >= 0.3 is 0 Å². The standard InChI is InChI=1S/C17H17ClO3/c1-12(19)17(10-3-2-4-16(17)21)11-9-15(20)13-5-7-14(18)8-6-13/h5-9,11H,2-4,10H2,1H3/b11-9+/t17-/m1/s1. The van der Waals surface area contributed by atoms with Crippen LogP contribution in [0.15, 0.2) is 36.4 Å². The molecule has 1 aliphatic rings. The molecule has 0 radical (unpaired) electrons. The van der Waals surface area contributed by atoms with E-state index in [1.807, 2.05) is 0 Å². The molecule has 1 aromatic carbocycles. The fourth-order valence-corrected chi connectivity index (χ4v) is 2.77. The van der Waals surface area contributed by atoms with E-state index >= 15 is 0 Å². The number of halogens is 1. The first-order valence-electron chi connectivity index (χ1n) is 6.99.